The van der Waals surface area contributed by atoms with E-state index in [4.69, 9.17) is 9.47 Å². The minimum Gasteiger partial charge on any atom is -0.493 e. The number of ether oxygens (including phenoxy) is 3. The Hall–Kier alpha value is -3.38. The van der Waals surface area contributed by atoms with E-state index in [1.54, 1.807) is 18.2 Å². The molecular weight excluding hydrogens is 446 g/mol. The fourth-order valence-electron chi connectivity index (χ4n) is 2.62. The van der Waals surface area contributed by atoms with Crippen LogP contribution in [-0.2, 0) is 9.53 Å². The Morgan fingerprint density at radius 2 is 1.87 bits per heavy atom. The fourth-order valence-corrected chi connectivity index (χ4v) is 4.56. The van der Waals surface area contributed by atoms with Crippen molar-refractivity contribution in [2.24, 2.45) is 0 Å². The first-order chi connectivity index (χ1) is 14.9. The number of nitrogens with one attached hydrogen (secondary N) is 1. The number of esters is 1. The predicted molar refractivity (Wildman–Crippen MR) is 117 cm³/mol. The van der Waals surface area contributed by atoms with Crippen molar-refractivity contribution >= 4 is 56.6 Å². The minimum absolute atomic E-state index is 0.142. The van der Waals surface area contributed by atoms with Crippen molar-refractivity contribution in [3.63, 3.8) is 0 Å². The van der Waals surface area contributed by atoms with Crippen molar-refractivity contribution in [1.82, 2.24) is 4.98 Å². The lowest BCUT2D eigenvalue weighted by molar-refractivity contribution is -0.385. The highest BCUT2D eigenvalue weighted by Gasteiger charge is 2.25. The van der Waals surface area contributed by atoms with Crippen LogP contribution in [0.25, 0.3) is 10.2 Å². The molecule has 3 rings (SSSR count). The third-order valence-electron chi connectivity index (χ3n) is 4.11. The quantitative estimate of drug-likeness (QED) is 0.230. The number of methoxy groups -OCH3 is 3. The number of thiazole rings is 1. The Morgan fingerprint density at radius 3 is 2.52 bits per heavy atom. The number of benzene rings is 2. The molecule has 1 N–H and O–H groups in total. The number of nitro benzene ring substituents is 1. The van der Waals surface area contributed by atoms with Crippen LogP contribution in [-0.4, -0.2) is 48.9 Å². The maximum Gasteiger partial charge on any atom is 0.316 e. The van der Waals surface area contributed by atoms with Crippen LogP contribution >= 0.6 is 23.1 Å². The van der Waals surface area contributed by atoms with Crippen LogP contribution in [0.1, 0.15) is 10.4 Å². The summed E-state index contributed by atoms with van der Waals surface area (Å²) in [5.74, 6) is -0.536. The van der Waals surface area contributed by atoms with Crippen molar-refractivity contribution in [2.75, 3.05) is 32.4 Å². The van der Waals surface area contributed by atoms with E-state index in [-0.39, 0.29) is 28.8 Å². The normalized spacial score (nSPS) is 10.5. The van der Waals surface area contributed by atoms with Crippen molar-refractivity contribution in [1.29, 1.82) is 0 Å². The minimum atomic E-state index is -0.670. The number of aromatic nitrogens is 1. The molecule has 0 aliphatic rings. The van der Waals surface area contributed by atoms with Gasteiger partial charge in [-0.25, -0.2) is 4.98 Å². The molecule has 0 aliphatic heterocycles. The topological polar surface area (TPSA) is 130 Å². The maximum absolute atomic E-state index is 12.8. The molecule has 162 valence electrons. The lowest BCUT2D eigenvalue weighted by atomic mass is 10.1. The van der Waals surface area contributed by atoms with Crippen LogP contribution in [0.5, 0.6) is 11.5 Å². The van der Waals surface area contributed by atoms with Crippen LogP contribution in [0.15, 0.2) is 34.7 Å². The zero-order chi connectivity index (χ0) is 22.5. The number of anilines is 1. The van der Waals surface area contributed by atoms with Crippen LogP contribution < -0.4 is 14.8 Å². The zero-order valence-electron chi connectivity index (χ0n) is 16.7. The predicted octanol–water partition coefficient (Wildman–Crippen LogP) is 3.74. The molecule has 1 amide bonds. The Morgan fingerprint density at radius 1 is 1.16 bits per heavy atom. The highest BCUT2D eigenvalue weighted by atomic mass is 32.2. The molecular formula is C19H17N3O7S2. The maximum atomic E-state index is 12.8. The first-order valence-corrected chi connectivity index (χ1v) is 10.5. The fraction of sp³-hybridized carbons (Fsp3) is 0.211. The third-order valence-corrected chi connectivity index (χ3v) is 6.25. The smallest absolute Gasteiger partial charge is 0.316 e. The van der Waals surface area contributed by atoms with Crippen LogP contribution in [0, 0.1) is 10.1 Å². The number of thioether (sulfide) groups is 1. The Kier molecular flexibility index (Phi) is 6.92. The van der Waals surface area contributed by atoms with Crippen LogP contribution in [0.4, 0.5) is 11.4 Å². The van der Waals surface area contributed by atoms with Crippen LogP contribution in [0.2, 0.25) is 0 Å². The molecule has 0 atom stereocenters. The molecule has 12 heteroatoms. The molecule has 0 saturated carbocycles. The lowest BCUT2D eigenvalue weighted by Crippen LogP contribution is -2.14. The average Bonchev–Trinajstić information content (AvgIpc) is 3.18. The number of nitrogens with zero attached hydrogens (tertiary/aromatic N) is 2. The molecule has 31 heavy (non-hydrogen) atoms. The second-order valence-corrected chi connectivity index (χ2v) is 8.22. The number of fused-ring (bicyclic) bond motifs is 1. The molecule has 1 heterocycles. The molecule has 0 aliphatic carbocycles. The zero-order valence-corrected chi connectivity index (χ0v) is 18.3. The summed E-state index contributed by atoms with van der Waals surface area (Å²) in [5.41, 5.74) is 0.569. The van der Waals surface area contributed by atoms with Gasteiger partial charge in [-0.1, -0.05) is 11.8 Å². The van der Waals surface area contributed by atoms with E-state index in [1.165, 1.54) is 50.5 Å². The van der Waals surface area contributed by atoms with E-state index in [9.17, 15) is 19.7 Å². The van der Waals surface area contributed by atoms with Gasteiger partial charge in [0.2, 0.25) is 0 Å². The Labute approximate surface area is 184 Å². The molecule has 0 saturated heterocycles. The average molecular weight is 463 g/mol. The van der Waals surface area contributed by atoms with Gasteiger partial charge in [-0.15, -0.1) is 11.3 Å². The summed E-state index contributed by atoms with van der Waals surface area (Å²) in [5, 5.41) is 14.1. The van der Waals surface area contributed by atoms with E-state index in [0.29, 0.717) is 15.5 Å². The molecule has 0 bridgehead atoms. The van der Waals surface area contributed by atoms with Gasteiger partial charge < -0.3 is 19.5 Å². The molecule has 0 fully saturated rings. The van der Waals surface area contributed by atoms with Gasteiger partial charge in [-0.2, -0.15) is 0 Å². The monoisotopic (exact) mass is 463 g/mol. The van der Waals surface area contributed by atoms with Gasteiger partial charge >= 0.3 is 5.97 Å². The Bertz CT molecular complexity index is 1160. The summed E-state index contributed by atoms with van der Waals surface area (Å²) < 4.78 is 16.3. The molecule has 10 nitrogen and oxygen atoms in total. The van der Waals surface area contributed by atoms with Crippen molar-refractivity contribution in [3.8, 4) is 11.5 Å². The lowest BCUT2D eigenvalue weighted by Gasteiger charge is -2.11. The SMILES string of the molecule is COC(=O)CSc1nc2ccc(NC(=O)c3cc(OC)c(OC)cc3[N+](=O)[O-])cc2s1. The van der Waals surface area contributed by atoms with Crippen molar-refractivity contribution in [3.05, 3.63) is 46.0 Å². The number of amides is 1. The summed E-state index contributed by atoms with van der Waals surface area (Å²) in [6, 6.07) is 7.47. The highest BCUT2D eigenvalue weighted by molar-refractivity contribution is 8.01. The standard InChI is InChI=1S/C19H17N3O7S2/c1-27-14-7-11(13(22(25)26)8-15(14)28-2)18(24)20-10-4-5-12-16(6-10)31-19(21-12)30-9-17(23)29-3/h4-8H,9H2,1-3H3,(H,20,24). The molecule has 1 aromatic heterocycles. The number of carbonyl (C=O) groups excluding carboxylic acids is 2. The summed E-state index contributed by atoms with van der Waals surface area (Å²) >= 11 is 2.61. The highest BCUT2D eigenvalue weighted by Crippen LogP contribution is 2.35. The number of hydrogen-bond donors (Lipinski definition) is 1. The summed E-state index contributed by atoms with van der Waals surface area (Å²) in [6.45, 7) is 0. The second kappa shape index (κ2) is 9.62. The first-order valence-electron chi connectivity index (χ1n) is 8.68. The molecule has 0 unspecified atom stereocenters. The van der Waals surface area contributed by atoms with Gasteiger partial charge in [0.15, 0.2) is 15.8 Å². The van der Waals surface area contributed by atoms with Gasteiger partial charge in [-0.05, 0) is 18.2 Å². The molecule has 0 spiro atoms. The van der Waals surface area contributed by atoms with Gasteiger partial charge in [-0.3, -0.25) is 19.7 Å². The van der Waals surface area contributed by atoms with Crippen LogP contribution in [0.3, 0.4) is 0 Å². The summed E-state index contributed by atoms with van der Waals surface area (Å²) in [6.07, 6.45) is 0. The third kappa shape index (κ3) is 5.03. The molecule has 0 radical (unpaired) electrons. The Balaban J connectivity index is 1.86. The van der Waals surface area contributed by atoms with Crippen molar-refractivity contribution < 1.29 is 28.7 Å². The van der Waals surface area contributed by atoms with E-state index in [0.717, 1.165) is 10.8 Å². The van der Waals surface area contributed by atoms with E-state index in [2.05, 4.69) is 15.0 Å². The summed E-state index contributed by atoms with van der Waals surface area (Å²) in [4.78, 5) is 39.3. The number of nitro groups is 1. The van der Waals surface area contributed by atoms with E-state index in [1.807, 2.05) is 0 Å². The number of hydrogen-bond acceptors (Lipinski definition) is 10. The number of carbonyl (C=O) groups is 2. The van der Waals surface area contributed by atoms with Gasteiger partial charge in [0.05, 0.1) is 48.3 Å². The van der Waals surface area contributed by atoms with Gasteiger partial charge in [0, 0.05) is 11.8 Å². The molecule has 3 aromatic rings. The second-order valence-electron chi connectivity index (χ2n) is 5.96. The van der Waals surface area contributed by atoms with Gasteiger partial charge in [0.25, 0.3) is 11.6 Å². The van der Waals surface area contributed by atoms with E-state index >= 15 is 0 Å². The first kappa shape index (κ1) is 22.3. The summed E-state index contributed by atoms with van der Waals surface area (Å²) in [7, 11) is 4.04. The molecule has 2 aromatic carbocycles. The largest absolute Gasteiger partial charge is 0.493 e. The van der Waals surface area contributed by atoms with E-state index < -0.39 is 16.5 Å². The van der Waals surface area contributed by atoms with Gasteiger partial charge in [0.1, 0.15) is 5.56 Å². The number of rotatable bonds is 8. The van der Waals surface area contributed by atoms with Crippen molar-refractivity contribution in [2.45, 2.75) is 4.34 Å².